The number of hydrogen-bond acceptors (Lipinski definition) is 4. The van der Waals surface area contributed by atoms with E-state index in [2.05, 4.69) is 10.1 Å². The molecule has 0 saturated carbocycles. The van der Waals surface area contributed by atoms with Crippen molar-refractivity contribution in [1.29, 1.82) is 0 Å². The number of halogens is 3. The Morgan fingerprint density at radius 3 is 2.15 bits per heavy atom. The van der Waals surface area contributed by atoms with Crippen molar-refractivity contribution >= 4 is 11.6 Å². The minimum atomic E-state index is -4.74. The molecule has 8 heteroatoms. The predicted molar refractivity (Wildman–Crippen MR) is 91.1 cm³/mol. The van der Waals surface area contributed by atoms with Gasteiger partial charge in [0.05, 0.1) is 13.7 Å². The summed E-state index contributed by atoms with van der Waals surface area (Å²) in [7, 11) is 3.39. The number of amides is 1. The molecule has 0 spiro atoms. The molecule has 2 aromatic rings. The molecule has 0 unspecified atom stereocenters. The quantitative estimate of drug-likeness (QED) is 0.810. The number of likely N-dealkylation sites (N-methyl/N-ethyl adjacent to an activating group) is 1. The maximum atomic E-state index is 12.1. The van der Waals surface area contributed by atoms with Gasteiger partial charge in [-0.3, -0.25) is 9.69 Å². The van der Waals surface area contributed by atoms with E-state index in [4.69, 9.17) is 4.74 Å². The van der Waals surface area contributed by atoms with Crippen molar-refractivity contribution in [3.8, 4) is 11.5 Å². The van der Waals surface area contributed by atoms with Crippen LogP contribution in [-0.4, -0.2) is 37.9 Å². The monoisotopic (exact) mass is 368 g/mol. The first-order valence-electron chi connectivity index (χ1n) is 7.72. The topological polar surface area (TPSA) is 50.8 Å². The van der Waals surface area contributed by atoms with Crippen molar-refractivity contribution in [3.63, 3.8) is 0 Å². The van der Waals surface area contributed by atoms with Gasteiger partial charge in [0.1, 0.15) is 11.5 Å². The van der Waals surface area contributed by atoms with Gasteiger partial charge < -0.3 is 14.8 Å². The van der Waals surface area contributed by atoms with Crippen LogP contribution >= 0.6 is 0 Å². The number of hydrogen-bond donors (Lipinski definition) is 1. The molecule has 0 aliphatic rings. The van der Waals surface area contributed by atoms with E-state index in [0.717, 1.165) is 23.4 Å². The molecule has 0 radical (unpaired) electrons. The summed E-state index contributed by atoms with van der Waals surface area (Å²) in [5, 5.41) is 2.63. The summed E-state index contributed by atoms with van der Waals surface area (Å²) in [4.78, 5) is 13.9. The van der Waals surface area contributed by atoms with Crippen LogP contribution in [0.1, 0.15) is 5.56 Å². The minimum Gasteiger partial charge on any atom is -0.497 e. The number of nitrogens with one attached hydrogen (secondary N) is 1. The number of ether oxygens (including phenoxy) is 2. The lowest BCUT2D eigenvalue weighted by atomic mass is 10.2. The normalized spacial score (nSPS) is 11.3. The summed E-state index contributed by atoms with van der Waals surface area (Å²) >= 11 is 0. The first-order chi connectivity index (χ1) is 12.2. The van der Waals surface area contributed by atoms with E-state index in [0.29, 0.717) is 12.2 Å². The predicted octanol–water partition coefficient (Wildman–Crippen LogP) is 3.66. The lowest BCUT2D eigenvalue weighted by molar-refractivity contribution is -0.274. The van der Waals surface area contributed by atoms with Gasteiger partial charge in [-0.1, -0.05) is 12.1 Å². The van der Waals surface area contributed by atoms with Gasteiger partial charge >= 0.3 is 6.36 Å². The fourth-order valence-corrected chi connectivity index (χ4v) is 2.28. The molecule has 0 bridgehead atoms. The molecule has 0 saturated heterocycles. The van der Waals surface area contributed by atoms with E-state index in [-0.39, 0.29) is 18.2 Å². The van der Waals surface area contributed by atoms with Crippen LogP contribution in [0, 0.1) is 0 Å². The third kappa shape index (κ3) is 6.64. The zero-order valence-corrected chi connectivity index (χ0v) is 14.3. The van der Waals surface area contributed by atoms with Crippen LogP contribution in [0.3, 0.4) is 0 Å². The molecule has 5 nitrogen and oxygen atoms in total. The van der Waals surface area contributed by atoms with Crippen LogP contribution in [0.5, 0.6) is 11.5 Å². The summed E-state index contributed by atoms with van der Waals surface area (Å²) in [5.74, 6) is 0.143. The van der Waals surface area contributed by atoms with Gasteiger partial charge in [0.25, 0.3) is 0 Å². The molecule has 1 N–H and O–H groups in total. The van der Waals surface area contributed by atoms with Crippen LogP contribution in [0.2, 0.25) is 0 Å². The summed E-state index contributed by atoms with van der Waals surface area (Å²) < 4.78 is 45.2. The molecule has 0 fully saturated rings. The Bertz CT molecular complexity index is 716. The van der Waals surface area contributed by atoms with Gasteiger partial charge in [-0.05, 0) is 49.0 Å². The second-order valence-corrected chi connectivity index (χ2v) is 5.64. The second-order valence-electron chi connectivity index (χ2n) is 5.64. The number of nitrogens with zero attached hydrogens (tertiary/aromatic N) is 1. The second kappa shape index (κ2) is 8.57. The maximum Gasteiger partial charge on any atom is 0.573 e. The van der Waals surface area contributed by atoms with Gasteiger partial charge in [-0.2, -0.15) is 0 Å². The Kier molecular flexibility index (Phi) is 6.46. The largest absolute Gasteiger partial charge is 0.573 e. The van der Waals surface area contributed by atoms with E-state index in [9.17, 15) is 18.0 Å². The van der Waals surface area contributed by atoms with Crippen LogP contribution in [0.15, 0.2) is 48.5 Å². The molecule has 26 heavy (non-hydrogen) atoms. The van der Waals surface area contributed by atoms with E-state index in [1.807, 2.05) is 29.2 Å². The lowest BCUT2D eigenvalue weighted by Gasteiger charge is -2.17. The van der Waals surface area contributed by atoms with Crippen LogP contribution < -0.4 is 14.8 Å². The Morgan fingerprint density at radius 2 is 1.62 bits per heavy atom. The number of benzene rings is 2. The third-order valence-corrected chi connectivity index (χ3v) is 3.40. The van der Waals surface area contributed by atoms with Crippen molar-refractivity contribution < 1.29 is 27.4 Å². The van der Waals surface area contributed by atoms with E-state index < -0.39 is 6.36 Å². The van der Waals surface area contributed by atoms with Crippen molar-refractivity contribution in [2.45, 2.75) is 12.9 Å². The number of rotatable bonds is 7. The molecular weight excluding hydrogens is 349 g/mol. The standard InChI is InChI=1S/C18H19F3N2O3/c1-23(11-13-3-7-15(25-2)8-4-13)12-17(24)22-14-5-9-16(10-6-14)26-18(19,20)21/h3-10H,11-12H2,1-2H3,(H,22,24). The average Bonchev–Trinajstić information content (AvgIpc) is 2.56. The Balaban J connectivity index is 1.83. The van der Waals surface area contributed by atoms with Crippen molar-refractivity contribution in [1.82, 2.24) is 4.90 Å². The van der Waals surface area contributed by atoms with Gasteiger partial charge in [0.2, 0.25) is 5.91 Å². The summed E-state index contributed by atoms with van der Waals surface area (Å²) in [5.41, 5.74) is 1.41. The van der Waals surface area contributed by atoms with E-state index in [1.54, 1.807) is 14.2 Å². The van der Waals surface area contributed by atoms with Gasteiger partial charge in [0.15, 0.2) is 0 Å². The lowest BCUT2D eigenvalue weighted by Crippen LogP contribution is -2.29. The third-order valence-electron chi connectivity index (χ3n) is 3.40. The van der Waals surface area contributed by atoms with E-state index in [1.165, 1.54) is 12.1 Å². The zero-order chi connectivity index (χ0) is 19.2. The number of methoxy groups -OCH3 is 1. The molecule has 1 amide bonds. The fraction of sp³-hybridized carbons (Fsp3) is 0.278. The molecule has 2 aromatic carbocycles. The molecule has 0 aliphatic carbocycles. The fourth-order valence-electron chi connectivity index (χ4n) is 2.28. The van der Waals surface area contributed by atoms with Crippen LogP contribution in [0.4, 0.5) is 18.9 Å². The van der Waals surface area contributed by atoms with E-state index >= 15 is 0 Å². The van der Waals surface area contributed by atoms with Gasteiger partial charge in [0, 0.05) is 12.2 Å². The first kappa shape index (κ1) is 19.6. The average molecular weight is 368 g/mol. The Labute approximate surface area is 149 Å². The highest BCUT2D eigenvalue weighted by atomic mass is 19.4. The minimum absolute atomic E-state index is 0.132. The number of carbonyl (C=O) groups is 1. The van der Waals surface area contributed by atoms with Crippen molar-refractivity contribution in [2.75, 3.05) is 26.0 Å². The zero-order valence-electron chi connectivity index (χ0n) is 14.3. The first-order valence-corrected chi connectivity index (χ1v) is 7.72. The molecule has 2 rings (SSSR count). The van der Waals surface area contributed by atoms with Crippen molar-refractivity contribution in [2.24, 2.45) is 0 Å². The van der Waals surface area contributed by atoms with Crippen LogP contribution in [-0.2, 0) is 11.3 Å². The highest BCUT2D eigenvalue weighted by Gasteiger charge is 2.30. The van der Waals surface area contributed by atoms with Crippen LogP contribution in [0.25, 0.3) is 0 Å². The molecular formula is C18H19F3N2O3. The van der Waals surface area contributed by atoms with Gasteiger partial charge in [-0.25, -0.2) is 0 Å². The molecule has 0 atom stereocenters. The molecule has 0 aliphatic heterocycles. The van der Waals surface area contributed by atoms with Crippen molar-refractivity contribution in [3.05, 3.63) is 54.1 Å². The highest BCUT2D eigenvalue weighted by Crippen LogP contribution is 2.24. The summed E-state index contributed by atoms with van der Waals surface area (Å²) in [6.07, 6.45) is -4.74. The Hall–Kier alpha value is -2.74. The SMILES string of the molecule is COc1ccc(CN(C)CC(=O)Nc2ccc(OC(F)(F)F)cc2)cc1. The maximum absolute atomic E-state index is 12.1. The summed E-state index contributed by atoms with van der Waals surface area (Å²) in [6, 6.07) is 12.5. The molecule has 0 aromatic heterocycles. The number of alkyl halides is 3. The van der Waals surface area contributed by atoms with Gasteiger partial charge in [-0.15, -0.1) is 13.2 Å². The Morgan fingerprint density at radius 1 is 1.04 bits per heavy atom. The smallest absolute Gasteiger partial charge is 0.497 e. The number of anilines is 1. The number of carbonyl (C=O) groups excluding carboxylic acids is 1. The molecule has 140 valence electrons. The highest BCUT2D eigenvalue weighted by molar-refractivity contribution is 5.92. The molecule has 0 heterocycles. The summed E-state index contributed by atoms with van der Waals surface area (Å²) in [6.45, 7) is 0.697.